The van der Waals surface area contributed by atoms with Crippen molar-refractivity contribution in [2.24, 2.45) is 13.0 Å². The summed E-state index contributed by atoms with van der Waals surface area (Å²) in [6.07, 6.45) is 7.29. The molecule has 2 fully saturated rings. The van der Waals surface area contributed by atoms with Gasteiger partial charge in [-0.1, -0.05) is 6.07 Å². The number of ether oxygens (including phenoxy) is 2. The van der Waals surface area contributed by atoms with Crippen LogP contribution in [0.1, 0.15) is 64.4 Å². The van der Waals surface area contributed by atoms with Crippen molar-refractivity contribution in [3.05, 3.63) is 30.0 Å². The van der Waals surface area contributed by atoms with Gasteiger partial charge < -0.3 is 20.1 Å². The summed E-state index contributed by atoms with van der Waals surface area (Å²) in [7, 11) is 1.99. The number of nitrogens with one attached hydrogen (secondary N) is 2. The number of rotatable bonds is 5. The molecule has 0 radical (unpaired) electrons. The summed E-state index contributed by atoms with van der Waals surface area (Å²) in [4.78, 5) is 12.2. The number of nitrogens with zero attached hydrogens (tertiary/aromatic N) is 2. The Labute approximate surface area is 191 Å². The van der Waals surface area contributed by atoms with E-state index in [1.165, 1.54) is 16.5 Å². The molecule has 1 amide bonds. The zero-order chi connectivity index (χ0) is 22.7. The van der Waals surface area contributed by atoms with Crippen molar-refractivity contribution >= 4 is 17.0 Å². The maximum atomic E-state index is 12.2. The molecular weight excluding hydrogens is 404 g/mol. The molecule has 1 aliphatic carbocycles. The fraction of sp³-hybridized carbons (Fsp3) is 0.680. The van der Waals surface area contributed by atoms with E-state index in [9.17, 15) is 4.79 Å². The number of hydrogen-bond acceptors (Lipinski definition) is 5. The highest BCUT2D eigenvalue weighted by Gasteiger charge is 2.30. The molecule has 0 unspecified atom stereocenters. The average molecular weight is 443 g/mol. The van der Waals surface area contributed by atoms with Crippen LogP contribution >= 0.6 is 0 Å². The minimum atomic E-state index is -0.483. The largest absolute Gasteiger partial charge is 0.444 e. The second-order valence-corrected chi connectivity index (χ2v) is 10.4. The molecule has 7 nitrogen and oxygen atoms in total. The topological polar surface area (TPSA) is 77.4 Å². The maximum Gasteiger partial charge on any atom is 0.407 e. The minimum Gasteiger partial charge on any atom is -0.444 e. The lowest BCUT2D eigenvalue weighted by molar-refractivity contribution is -0.00772. The van der Waals surface area contributed by atoms with Crippen LogP contribution in [0.5, 0.6) is 0 Å². The molecule has 2 aromatic rings. The average Bonchev–Trinajstić information content (AvgIpc) is 3.12. The van der Waals surface area contributed by atoms with Gasteiger partial charge in [-0.15, -0.1) is 0 Å². The van der Waals surface area contributed by atoms with Gasteiger partial charge in [0.2, 0.25) is 0 Å². The van der Waals surface area contributed by atoms with Crippen LogP contribution in [0, 0.1) is 5.92 Å². The first kappa shape index (κ1) is 23.1. The SMILES string of the molecule is Cn1ncc2cc(C3CCC(OC[C@@H]4CNCC[C@@H]4NC(=O)OC(C)(C)C)CC3)ccc21. The van der Waals surface area contributed by atoms with Crippen molar-refractivity contribution in [2.75, 3.05) is 19.7 Å². The molecule has 2 N–H and O–H groups in total. The Morgan fingerprint density at radius 2 is 2.00 bits per heavy atom. The fourth-order valence-corrected chi connectivity index (χ4v) is 5.01. The summed E-state index contributed by atoms with van der Waals surface area (Å²) in [6.45, 7) is 8.11. The van der Waals surface area contributed by atoms with Crippen LogP contribution in [-0.2, 0) is 16.5 Å². The lowest BCUT2D eigenvalue weighted by Gasteiger charge is -2.35. The molecule has 1 saturated carbocycles. The molecule has 2 heterocycles. The number of aromatic nitrogens is 2. The number of hydrogen-bond donors (Lipinski definition) is 2. The molecule has 0 bridgehead atoms. The van der Waals surface area contributed by atoms with Crippen LogP contribution in [0.15, 0.2) is 24.4 Å². The first-order valence-electron chi connectivity index (χ1n) is 12.0. The lowest BCUT2D eigenvalue weighted by atomic mass is 9.82. The molecule has 176 valence electrons. The van der Waals surface area contributed by atoms with Crippen LogP contribution in [0.25, 0.3) is 10.9 Å². The standard InChI is InChI=1S/C25H38N4O3/c1-25(2,3)32-24(30)28-22-11-12-26-14-20(22)16-31-21-8-5-17(6-9-21)18-7-10-23-19(13-18)15-27-29(23)4/h7,10,13,15,17,20-22,26H,5-6,8-9,11-12,14,16H2,1-4H3,(H,28,30)/t17?,20-,21?,22-/m0/s1. The van der Waals surface area contributed by atoms with Gasteiger partial charge >= 0.3 is 6.09 Å². The summed E-state index contributed by atoms with van der Waals surface area (Å²) in [5, 5.41) is 12.1. The van der Waals surface area contributed by atoms with Gasteiger partial charge in [-0.3, -0.25) is 4.68 Å². The van der Waals surface area contributed by atoms with Gasteiger partial charge in [-0.05, 0) is 83.0 Å². The quantitative estimate of drug-likeness (QED) is 0.728. The molecule has 32 heavy (non-hydrogen) atoms. The molecule has 7 heteroatoms. The van der Waals surface area contributed by atoms with E-state index < -0.39 is 5.60 Å². The molecule has 1 aliphatic heterocycles. The third-order valence-electron chi connectivity index (χ3n) is 6.77. The number of aryl methyl sites for hydroxylation is 1. The van der Waals surface area contributed by atoms with Gasteiger partial charge in [0, 0.05) is 30.9 Å². The maximum absolute atomic E-state index is 12.2. The van der Waals surface area contributed by atoms with Crippen LogP contribution in [0.2, 0.25) is 0 Å². The summed E-state index contributed by atoms with van der Waals surface area (Å²) >= 11 is 0. The third kappa shape index (κ3) is 5.81. The van der Waals surface area contributed by atoms with Crippen molar-refractivity contribution in [2.45, 2.75) is 76.5 Å². The minimum absolute atomic E-state index is 0.0913. The molecule has 1 saturated heterocycles. The second-order valence-electron chi connectivity index (χ2n) is 10.4. The van der Waals surface area contributed by atoms with Gasteiger partial charge in [0.05, 0.1) is 24.4 Å². The van der Waals surface area contributed by atoms with Crippen molar-refractivity contribution in [3.8, 4) is 0 Å². The summed E-state index contributed by atoms with van der Waals surface area (Å²) in [6, 6.07) is 6.84. The third-order valence-corrected chi connectivity index (χ3v) is 6.77. The van der Waals surface area contributed by atoms with Gasteiger partial charge in [0.1, 0.15) is 5.60 Å². The normalized spacial score (nSPS) is 26.8. The number of carbonyl (C=O) groups excluding carboxylic acids is 1. The number of benzene rings is 1. The van der Waals surface area contributed by atoms with Crippen LogP contribution in [0.4, 0.5) is 4.79 Å². The van der Waals surface area contributed by atoms with E-state index in [1.54, 1.807) is 0 Å². The van der Waals surface area contributed by atoms with Crippen molar-refractivity contribution in [3.63, 3.8) is 0 Å². The van der Waals surface area contributed by atoms with Gasteiger partial charge in [-0.25, -0.2) is 4.79 Å². The van der Waals surface area contributed by atoms with E-state index in [1.807, 2.05) is 38.7 Å². The predicted octanol–water partition coefficient (Wildman–Crippen LogP) is 4.12. The Morgan fingerprint density at radius 3 is 2.75 bits per heavy atom. The van der Waals surface area contributed by atoms with Crippen LogP contribution < -0.4 is 10.6 Å². The molecular formula is C25H38N4O3. The van der Waals surface area contributed by atoms with E-state index in [0.29, 0.717) is 18.6 Å². The van der Waals surface area contributed by atoms with Crippen molar-refractivity contribution in [1.82, 2.24) is 20.4 Å². The van der Waals surface area contributed by atoms with E-state index in [4.69, 9.17) is 9.47 Å². The zero-order valence-corrected chi connectivity index (χ0v) is 19.9. The first-order chi connectivity index (χ1) is 15.3. The van der Waals surface area contributed by atoms with Gasteiger partial charge in [-0.2, -0.15) is 5.10 Å². The Balaban J connectivity index is 1.25. The lowest BCUT2D eigenvalue weighted by Crippen LogP contribution is -2.52. The molecule has 4 rings (SSSR count). The second kappa shape index (κ2) is 9.79. The molecule has 0 spiro atoms. The molecule has 2 aliphatic rings. The Kier molecular flexibility index (Phi) is 7.05. The summed E-state index contributed by atoms with van der Waals surface area (Å²) in [5.74, 6) is 0.861. The van der Waals surface area contributed by atoms with Crippen molar-refractivity contribution < 1.29 is 14.3 Å². The van der Waals surface area contributed by atoms with E-state index in [-0.39, 0.29) is 18.1 Å². The number of alkyl carbamates (subject to hydrolysis) is 1. The van der Waals surface area contributed by atoms with Crippen LogP contribution in [-0.4, -0.2) is 53.3 Å². The number of piperidine rings is 1. The monoisotopic (exact) mass is 442 g/mol. The fourth-order valence-electron chi connectivity index (χ4n) is 5.01. The summed E-state index contributed by atoms with van der Waals surface area (Å²) in [5.41, 5.74) is 2.12. The highest BCUT2D eigenvalue weighted by molar-refractivity contribution is 5.79. The highest BCUT2D eigenvalue weighted by Crippen LogP contribution is 2.35. The Bertz CT molecular complexity index is 912. The van der Waals surface area contributed by atoms with E-state index >= 15 is 0 Å². The van der Waals surface area contributed by atoms with Crippen LogP contribution in [0.3, 0.4) is 0 Å². The number of carbonyl (C=O) groups is 1. The number of amides is 1. The predicted molar refractivity (Wildman–Crippen MR) is 126 cm³/mol. The molecule has 1 aromatic heterocycles. The van der Waals surface area contributed by atoms with Crippen molar-refractivity contribution in [1.29, 1.82) is 0 Å². The van der Waals surface area contributed by atoms with E-state index in [2.05, 4.69) is 33.9 Å². The smallest absolute Gasteiger partial charge is 0.407 e. The first-order valence-corrected chi connectivity index (χ1v) is 12.0. The van der Waals surface area contributed by atoms with Gasteiger partial charge in [0.15, 0.2) is 0 Å². The van der Waals surface area contributed by atoms with E-state index in [0.717, 1.165) is 45.2 Å². The Hall–Kier alpha value is -2.12. The zero-order valence-electron chi connectivity index (χ0n) is 19.9. The number of fused-ring (bicyclic) bond motifs is 1. The highest BCUT2D eigenvalue weighted by atomic mass is 16.6. The molecule has 2 atom stereocenters. The molecule has 1 aromatic carbocycles. The Morgan fingerprint density at radius 1 is 1.22 bits per heavy atom. The van der Waals surface area contributed by atoms with Gasteiger partial charge in [0.25, 0.3) is 0 Å². The summed E-state index contributed by atoms with van der Waals surface area (Å²) < 4.78 is 13.7.